The summed E-state index contributed by atoms with van der Waals surface area (Å²) in [5, 5.41) is 18.8. The first-order valence-electron chi connectivity index (χ1n) is 6.63. The van der Waals surface area contributed by atoms with Gasteiger partial charge in [-0.15, -0.1) is 0 Å². The summed E-state index contributed by atoms with van der Waals surface area (Å²) < 4.78 is 5.92. The fourth-order valence-electron chi connectivity index (χ4n) is 2.05. The maximum Gasteiger partial charge on any atom is 0.134 e. The fourth-order valence-corrected chi connectivity index (χ4v) is 2.05. The number of para-hydroxylation sites is 1. The molecule has 0 amide bonds. The van der Waals surface area contributed by atoms with Gasteiger partial charge in [0.25, 0.3) is 0 Å². The van der Waals surface area contributed by atoms with Gasteiger partial charge in [0, 0.05) is 5.56 Å². The molecule has 0 aliphatic heterocycles. The third-order valence-electron chi connectivity index (χ3n) is 3.17. The Morgan fingerprint density at radius 3 is 2.60 bits per heavy atom. The van der Waals surface area contributed by atoms with Crippen LogP contribution in [0.5, 0.6) is 11.5 Å². The van der Waals surface area contributed by atoms with Crippen molar-refractivity contribution >= 4 is 0 Å². The van der Waals surface area contributed by atoms with Crippen molar-refractivity contribution in [2.24, 2.45) is 0 Å². The highest BCUT2D eigenvalue weighted by Crippen LogP contribution is 2.32. The number of aliphatic hydroxyl groups excluding tert-OH is 1. The second-order valence-electron chi connectivity index (χ2n) is 4.60. The molecular weight excluding hydrogens is 250 g/mol. The van der Waals surface area contributed by atoms with Gasteiger partial charge in [0.1, 0.15) is 11.5 Å². The molecule has 0 aliphatic rings. The molecule has 0 aliphatic carbocycles. The molecule has 3 nitrogen and oxygen atoms in total. The summed E-state index contributed by atoms with van der Waals surface area (Å²) in [6, 6.07) is 14.9. The van der Waals surface area contributed by atoms with Crippen LogP contribution < -0.4 is 4.74 Å². The van der Waals surface area contributed by atoms with Gasteiger partial charge in [0.15, 0.2) is 0 Å². The van der Waals surface area contributed by atoms with Crippen LogP contribution in [-0.4, -0.2) is 5.11 Å². The minimum atomic E-state index is -0.647. The van der Waals surface area contributed by atoms with Gasteiger partial charge in [0.05, 0.1) is 17.7 Å². The predicted molar refractivity (Wildman–Crippen MR) is 77.7 cm³/mol. The van der Waals surface area contributed by atoms with Gasteiger partial charge in [-0.25, -0.2) is 0 Å². The molecule has 0 aromatic heterocycles. The molecule has 0 heterocycles. The fraction of sp³-hybridized carbons (Fsp3) is 0.235. The smallest absolute Gasteiger partial charge is 0.134 e. The highest BCUT2D eigenvalue weighted by Gasteiger charge is 2.12. The van der Waals surface area contributed by atoms with Crippen molar-refractivity contribution in [3.8, 4) is 17.6 Å². The summed E-state index contributed by atoms with van der Waals surface area (Å²) in [5.41, 5.74) is 2.28. The van der Waals surface area contributed by atoms with E-state index in [1.165, 1.54) is 0 Å². The molecule has 1 N–H and O–H groups in total. The summed E-state index contributed by atoms with van der Waals surface area (Å²) in [4.78, 5) is 0. The van der Waals surface area contributed by atoms with Gasteiger partial charge in [0.2, 0.25) is 0 Å². The van der Waals surface area contributed by atoms with E-state index >= 15 is 0 Å². The molecule has 0 saturated heterocycles. The summed E-state index contributed by atoms with van der Waals surface area (Å²) >= 11 is 0. The Labute approximate surface area is 119 Å². The van der Waals surface area contributed by atoms with Crippen molar-refractivity contribution < 1.29 is 9.84 Å². The molecule has 20 heavy (non-hydrogen) atoms. The second kappa shape index (κ2) is 6.23. The lowest BCUT2D eigenvalue weighted by Gasteiger charge is -2.15. The molecule has 0 radical (unpaired) electrons. The van der Waals surface area contributed by atoms with Crippen LogP contribution in [0.3, 0.4) is 0 Å². The Kier molecular flexibility index (Phi) is 4.39. The van der Waals surface area contributed by atoms with E-state index in [0.717, 1.165) is 17.7 Å². The molecule has 2 aromatic rings. The van der Waals surface area contributed by atoms with Gasteiger partial charge in [-0.3, -0.25) is 0 Å². The first-order valence-corrected chi connectivity index (χ1v) is 6.63. The number of ether oxygens (including phenoxy) is 1. The number of nitrogens with zero attached hydrogens (tertiary/aromatic N) is 1. The molecule has 2 aromatic carbocycles. The summed E-state index contributed by atoms with van der Waals surface area (Å²) in [5.74, 6) is 1.28. The van der Waals surface area contributed by atoms with E-state index in [4.69, 9.17) is 10.00 Å². The van der Waals surface area contributed by atoms with Gasteiger partial charge < -0.3 is 9.84 Å². The van der Waals surface area contributed by atoms with Gasteiger partial charge >= 0.3 is 0 Å². The molecule has 1 atom stereocenters. The molecule has 0 fully saturated rings. The number of nitriles is 1. The van der Waals surface area contributed by atoms with Gasteiger partial charge in [-0.05, 0) is 37.1 Å². The maximum atomic E-state index is 9.81. The Bertz CT molecular complexity index is 642. The topological polar surface area (TPSA) is 53.2 Å². The Morgan fingerprint density at radius 2 is 1.95 bits per heavy atom. The third-order valence-corrected chi connectivity index (χ3v) is 3.17. The van der Waals surface area contributed by atoms with Crippen molar-refractivity contribution in [2.45, 2.75) is 26.4 Å². The van der Waals surface area contributed by atoms with Crippen molar-refractivity contribution in [3.05, 3.63) is 59.2 Å². The van der Waals surface area contributed by atoms with Crippen molar-refractivity contribution in [1.29, 1.82) is 5.26 Å². The lowest BCUT2D eigenvalue weighted by molar-refractivity contribution is 0.195. The zero-order valence-electron chi connectivity index (χ0n) is 11.6. The number of rotatable bonds is 4. The van der Waals surface area contributed by atoms with E-state index in [0.29, 0.717) is 16.9 Å². The Morgan fingerprint density at radius 1 is 1.20 bits per heavy atom. The molecule has 0 saturated carbocycles. The van der Waals surface area contributed by atoms with Crippen LogP contribution in [0.1, 0.15) is 36.6 Å². The largest absolute Gasteiger partial charge is 0.457 e. The SMILES string of the molecule is CCc1ccccc1Oc1cc(C#N)ccc1[C@H](C)O. The first-order chi connectivity index (χ1) is 9.65. The van der Waals surface area contributed by atoms with E-state index in [9.17, 15) is 5.11 Å². The van der Waals surface area contributed by atoms with Crippen molar-refractivity contribution in [1.82, 2.24) is 0 Å². The zero-order chi connectivity index (χ0) is 14.5. The number of aryl methyl sites for hydroxylation is 1. The molecule has 0 spiro atoms. The van der Waals surface area contributed by atoms with Crippen LogP contribution in [0, 0.1) is 11.3 Å². The molecule has 2 rings (SSSR count). The number of benzene rings is 2. The quantitative estimate of drug-likeness (QED) is 0.912. The minimum Gasteiger partial charge on any atom is -0.457 e. The molecule has 102 valence electrons. The van der Waals surface area contributed by atoms with Crippen molar-refractivity contribution in [2.75, 3.05) is 0 Å². The van der Waals surface area contributed by atoms with E-state index in [-0.39, 0.29) is 0 Å². The van der Waals surface area contributed by atoms with E-state index in [2.05, 4.69) is 13.0 Å². The summed E-state index contributed by atoms with van der Waals surface area (Å²) in [7, 11) is 0. The third kappa shape index (κ3) is 2.98. The van der Waals surface area contributed by atoms with Crippen LogP contribution in [0.4, 0.5) is 0 Å². The Hall–Kier alpha value is -2.31. The van der Waals surface area contributed by atoms with E-state index in [1.54, 1.807) is 25.1 Å². The van der Waals surface area contributed by atoms with Crippen molar-refractivity contribution in [3.63, 3.8) is 0 Å². The number of aliphatic hydroxyl groups is 1. The second-order valence-corrected chi connectivity index (χ2v) is 4.60. The number of hydrogen-bond donors (Lipinski definition) is 1. The zero-order valence-corrected chi connectivity index (χ0v) is 11.6. The Balaban J connectivity index is 2.44. The van der Waals surface area contributed by atoms with Gasteiger partial charge in [-0.2, -0.15) is 5.26 Å². The van der Waals surface area contributed by atoms with Crippen LogP contribution in [0.2, 0.25) is 0 Å². The average Bonchev–Trinajstić information content (AvgIpc) is 2.47. The first kappa shape index (κ1) is 14.1. The molecule has 0 bridgehead atoms. The minimum absolute atomic E-state index is 0.512. The monoisotopic (exact) mass is 267 g/mol. The lowest BCUT2D eigenvalue weighted by Crippen LogP contribution is -1.98. The standard InChI is InChI=1S/C17H17NO2/c1-3-14-6-4-5-7-16(14)20-17-10-13(11-18)8-9-15(17)12(2)19/h4-10,12,19H,3H2,1-2H3/t12-/m0/s1. The van der Waals surface area contributed by atoms with Crippen LogP contribution in [0.15, 0.2) is 42.5 Å². The molecule has 3 heteroatoms. The van der Waals surface area contributed by atoms with E-state index in [1.807, 2.05) is 24.3 Å². The summed E-state index contributed by atoms with van der Waals surface area (Å²) in [6.07, 6.45) is 0.213. The van der Waals surface area contributed by atoms with Crippen LogP contribution in [0.25, 0.3) is 0 Å². The average molecular weight is 267 g/mol. The lowest BCUT2D eigenvalue weighted by atomic mass is 10.1. The van der Waals surface area contributed by atoms with Crippen LogP contribution in [-0.2, 0) is 6.42 Å². The summed E-state index contributed by atoms with van der Waals surface area (Å²) in [6.45, 7) is 3.74. The van der Waals surface area contributed by atoms with Crippen LogP contribution >= 0.6 is 0 Å². The predicted octanol–water partition coefficient (Wildman–Crippen LogP) is 3.97. The molecule has 0 unspecified atom stereocenters. The normalized spacial score (nSPS) is 11.7. The number of hydrogen-bond acceptors (Lipinski definition) is 3. The highest BCUT2D eigenvalue weighted by molar-refractivity contribution is 5.46. The van der Waals surface area contributed by atoms with E-state index < -0.39 is 6.10 Å². The van der Waals surface area contributed by atoms with Gasteiger partial charge in [-0.1, -0.05) is 31.2 Å². The maximum absolute atomic E-state index is 9.81. The molecular formula is C17H17NO2. The highest BCUT2D eigenvalue weighted by atomic mass is 16.5.